The standard InChI is InChI=1S/C14H24N2O3S/c1-4-13(5-2)16(6-7-17)20(18,19)14-9-11(3)8-12(15)10-14/h8-10,13,17H,4-7,15H2,1-3H3. The van der Waals surface area contributed by atoms with Crippen LogP contribution in [0, 0.1) is 6.92 Å². The molecule has 0 bridgehead atoms. The Morgan fingerprint density at radius 1 is 1.25 bits per heavy atom. The highest BCUT2D eigenvalue weighted by Crippen LogP contribution is 2.24. The fraction of sp³-hybridized carbons (Fsp3) is 0.571. The van der Waals surface area contributed by atoms with Crippen molar-refractivity contribution in [3.05, 3.63) is 23.8 Å². The van der Waals surface area contributed by atoms with Crippen LogP contribution in [0.15, 0.2) is 23.1 Å². The van der Waals surface area contributed by atoms with E-state index in [0.29, 0.717) is 18.5 Å². The molecular weight excluding hydrogens is 276 g/mol. The van der Waals surface area contributed by atoms with Gasteiger partial charge in [0.1, 0.15) is 0 Å². The lowest BCUT2D eigenvalue weighted by Crippen LogP contribution is -2.41. The van der Waals surface area contributed by atoms with E-state index < -0.39 is 10.0 Å². The van der Waals surface area contributed by atoms with Gasteiger partial charge in [-0.05, 0) is 43.5 Å². The van der Waals surface area contributed by atoms with Crippen molar-refractivity contribution in [1.82, 2.24) is 4.31 Å². The Morgan fingerprint density at radius 3 is 2.30 bits per heavy atom. The maximum absolute atomic E-state index is 12.7. The highest BCUT2D eigenvalue weighted by atomic mass is 32.2. The number of nitrogens with zero attached hydrogens (tertiary/aromatic N) is 1. The van der Waals surface area contributed by atoms with Crippen LogP contribution in [-0.2, 0) is 10.0 Å². The Hall–Kier alpha value is -1.11. The number of hydrogen-bond acceptors (Lipinski definition) is 4. The summed E-state index contributed by atoms with van der Waals surface area (Å²) < 4.78 is 26.9. The van der Waals surface area contributed by atoms with Crippen LogP contribution >= 0.6 is 0 Å². The third-order valence-corrected chi connectivity index (χ3v) is 5.28. The molecule has 3 N–H and O–H groups in total. The third kappa shape index (κ3) is 3.71. The van der Waals surface area contributed by atoms with E-state index in [1.54, 1.807) is 12.1 Å². The summed E-state index contributed by atoms with van der Waals surface area (Å²) >= 11 is 0. The molecule has 0 unspecified atom stereocenters. The van der Waals surface area contributed by atoms with Gasteiger partial charge in [0.15, 0.2) is 0 Å². The second kappa shape index (κ2) is 7.06. The molecule has 0 radical (unpaired) electrons. The van der Waals surface area contributed by atoms with Gasteiger partial charge >= 0.3 is 0 Å². The van der Waals surface area contributed by atoms with Crippen molar-refractivity contribution >= 4 is 15.7 Å². The van der Waals surface area contributed by atoms with Gasteiger partial charge in [-0.3, -0.25) is 0 Å². The first-order valence-corrected chi connectivity index (χ1v) is 8.30. The number of sulfonamides is 1. The summed E-state index contributed by atoms with van der Waals surface area (Å²) in [4.78, 5) is 0.190. The summed E-state index contributed by atoms with van der Waals surface area (Å²) in [5, 5.41) is 9.17. The minimum absolute atomic E-state index is 0.0997. The summed E-state index contributed by atoms with van der Waals surface area (Å²) in [6, 6.07) is 4.69. The quantitative estimate of drug-likeness (QED) is 0.751. The number of rotatable bonds is 7. The van der Waals surface area contributed by atoms with Crippen molar-refractivity contribution in [3.63, 3.8) is 0 Å². The molecule has 0 spiro atoms. The van der Waals surface area contributed by atoms with E-state index in [2.05, 4.69) is 0 Å². The molecule has 0 aromatic heterocycles. The number of aliphatic hydroxyl groups is 1. The molecule has 0 fully saturated rings. The van der Waals surface area contributed by atoms with E-state index in [1.165, 1.54) is 10.4 Å². The van der Waals surface area contributed by atoms with Crippen molar-refractivity contribution in [2.75, 3.05) is 18.9 Å². The van der Waals surface area contributed by atoms with Crippen LogP contribution in [-0.4, -0.2) is 37.0 Å². The monoisotopic (exact) mass is 300 g/mol. The molecule has 5 nitrogen and oxygen atoms in total. The molecule has 20 heavy (non-hydrogen) atoms. The van der Waals surface area contributed by atoms with Crippen molar-refractivity contribution < 1.29 is 13.5 Å². The predicted molar refractivity (Wildman–Crippen MR) is 80.9 cm³/mol. The number of hydrogen-bond donors (Lipinski definition) is 2. The van der Waals surface area contributed by atoms with Crippen LogP contribution < -0.4 is 5.73 Å². The average molecular weight is 300 g/mol. The van der Waals surface area contributed by atoms with E-state index in [9.17, 15) is 8.42 Å². The lowest BCUT2D eigenvalue weighted by Gasteiger charge is -2.29. The van der Waals surface area contributed by atoms with Crippen LogP contribution in [0.5, 0.6) is 0 Å². The molecule has 0 heterocycles. The highest BCUT2D eigenvalue weighted by molar-refractivity contribution is 7.89. The molecular formula is C14H24N2O3S. The number of aliphatic hydroxyl groups excluding tert-OH is 1. The van der Waals surface area contributed by atoms with Gasteiger partial charge in [-0.15, -0.1) is 0 Å². The average Bonchev–Trinajstić information content (AvgIpc) is 2.38. The Labute approximate surface area is 121 Å². The predicted octanol–water partition coefficient (Wildman–Crippen LogP) is 1.75. The van der Waals surface area contributed by atoms with Crippen LogP contribution in [0.25, 0.3) is 0 Å². The summed E-state index contributed by atoms with van der Waals surface area (Å²) in [6.07, 6.45) is 1.41. The van der Waals surface area contributed by atoms with E-state index >= 15 is 0 Å². The van der Waals surface area contributed by atoms with E-state index in [0.717, 1.165) is 5.56 Å². The maximum atomic E-state index is 12.7. The smallest absolute Gasteiger partial charge is 0.243 e. The number of anilines is 1. The van der Waals surface area contributed by atoms with Crippen LogP contribution in [0.2, 0.25) is 0 Å². The fourth-order valence-corrected chi connectivity index (χ4v) is 4.26. The van der Waals surface area contributed by atoms with Crippen molar-refractivity contribution in [3.8, 4) is 0 Å². The van der Waals surface area contributed by atoms with Crippen molar-refractivity contribution in [1.29, 1.82) is 0 Å². The van der Waals surface area contributed by atoms with E-state index in [-0.39, 0.29) is 24.1 Å². The lowest BCUT2D eigenvalue weighted by atomic mass is 10.2. The van der Waals surface area contributed by atoms with Gasteiger partial charge in [-0.1, -0.05) is 13.8 Å². The van der Waals surface area contributed by atoms with Crippen molar-refractivity contribution in [2.45, 2.75) is 44.6 Å². The normalized spacial score (nSPS) is 12.3. The van der Waals surface area contributed by atoms with Crippen LogP contribution in [0.3, 0.4) is 0 Å². The highest BCUT2D eigenvalue weighted by Gasteiger charge is 2.29. The second-order valence-corrected chi connectivity index (χ2v) is 6.78. The second-order valence-electron chi connectivity index (χ2n) is 4.89. The van der Waals surface area contributed by atoms with Gasteiger partial charge in [0.05, 0.1) is 11.5 Å². The minimum Gasteiger partial charge on any atom is -0.399 e. The Bertz CT molecular complexity index is 519. The minimum atomic E-state index is -3.64. The Morgan fingerprint density at radius 2 is 1.85 bits per heavy atom. The first kappa shape index (κ1) is 16.9. The van der Waals surface area contributed by atoms with Crippen molar-refractivity contribution in [2.24, 2.45) is 0 Å². The molecule has 6 heteroatoms. The molecule has 114 valence electrons. The summed E-state index contributed by atoms with van der Waals surface area (Å²) in [6.45, 7) is 5.60. The molecule has 1 rings (SSSR count). The maximum Gasteiger partial charge on any atom is 0.243 e. The first-order chi connectivity index (χ1) is 9.36. The molecule has 1 aromatic carbocycles. The lowest BCUT2D eigenvalue weighted by molar-refractivity contribution is 0.219. The van der Waals surface area contributed by atoms with Gasteiger partial charge in [-0.2, -0.15) is 4.31 Å². The van der Waals surface area contributed by atoms with Gasteiger partial charge in [0.2, 0.25) is 10.0 Å². The third-order valence-electron chi connectivity index (χ3n) is 3.35. The number of benzene rings is 1. The molecule has 0 aliphatic carbocycles. The molecule has 0 saturated carbocycles. The van der Waals surface area contributed by atoms with Gasteiger partial charge in [0.25, 0.3) is 0 Å². The fourth-order valence-electron chi connectivity index (χ4n) is 2.35. The number of nitrogen functional groups attached to an aromatic ring is 1. The van der Waals surface area contributed by atoms with Gasteiger partial charge in [-0.25, -0.2) is 8.42 Å². The van der Waals surface area contributed by atoms with Crippen LogP contribution in [0.1, 0.15) is 32.3 Å². The molecule has 0 atom stereocenters. The van der Waals surface area contributed by atoms with Crippen LogP contribution in [0.4, 0.5) is 5.69 Å². The van der Waals surface area contributed by atoms with E-state index in [1.807, 2.05) is 20.8 Å². The summed E-state index contributed by atoms with van der Waals surface area (Å²) in [5.41, 5.74) is 6.97. The molecule has 0 amide bonds. The Kier molecular flexibility index (Phi) is 5.98. The zero-order valence-electron chi connectivity index (χ0n) is 12.3. The number of nitrogens with two attached hydrogens (primary N) is 1. The number of aryl methyl sites for hydroxylation is 1. The molecule has 0 saturated heterocycles. The zero-order chi connectivity index (χ0) is 15.3. The molecule has 0 aliphatic rings. The first-order valence-electron chi connectivity index (χ1n) is 6.86. The molecule has 1 aromatic rings. The topological polar surface area (TPSA) is 83.6 Å². The zero-order valence-corrected chi connectivity index (χ0v) is 13.2. The SMILES string of the molecule is CCC(CC)N(CCO)S(=O)(=O)c1cc(C)cc(N)c1. The van der Waals surface area contributed by atoms with Gasteiger partial charge in [0, 0.05) is 18.3 Å². The summed E-state index contributed by atoms with van der Waals surface area (Å²) in [5.74, 6) is 0. The van der Waals surface area contributed by atoms with E-state index in [4.69, 9.17) is 10.8 Å². The molecule has 0 aliphatic heterocycles. The largest absolute Gasteiger partial charge is 0.399 e. The van der Waals surface area contributed by atoms with Gasteiger partial charge < -0.3 is 10.8 Å². The summed E-state index contributed by atoms with van der Waals surface area (Å²) in [7, 11) is -3.64. The Balaban J connectivity index is 3.28.